The minimum absolute atomic E-state index is 0.0847. The van der Waals surface area contributed by atoms with E-state index in [1.807, 2.05) is 13.0 Å². The van der Waals surface area contributed by atoms with Crippen molar-refractivity contribution >= 4 is 5.91 Å². The van der Waals surface area contributed by atoms with Crippen molar-refractivity contribution in [2.75, 3.05) is 13.2 Å². The number of ether oxygens (including phenoxy) is 2. The molecule has 0 aromatic heterocycles. The molecule has 5 nitrogen and oxygen atoms in total. The Bertz CT molecular complexity index is 518. The molecule has 0 radical (unpaired) electrons. The Kier molecular flexibility index (Phi) is 6.62. The van der Waals surface area contributed by atoms with Crippen LogP contribution in [0, 0.1) is 29.6 Å². The van der Waals surface area contributed by atoms with Gasteiger partial charge in [0.25, 0.3) is 5.91 Å². The summed E-state index contributed by atoms with van der Waals surface area (Å²) in [5, 5.41) is 12.5. The Morgan fingerprint density at radius 3 is 2.77 bits per heavy atom. The predicted octanol–water partition coefficient (Wildman–Crippen LogP) is 3.23. The maximum Gasteiger partial charge on any atom is 0.286 e. The third kappa shape index (κ3) is 4.25. The minimum Gasteiger partial charge on any atom is -0.459 e. The highest BCUT2D eigenvalue weighted by Gasteiger charge is 2.42. The molecule has 148 valence electrons. The Morgan fingerprint density at radius 2 is 2.19 bits per heavy atom. The van der Waals surface area contributed by atoms with Gasteiger partial charge in [-0.15, -0.1) is 0 Å². The number of fused-ring (bicyclic) bond motifs is 2. The van der Waals surface area contributed by atoms with Crippen molar-refractivity contribution in [2.24, 2.45) is 29.6 Å². The van der Waals surface area contributed by atoms with E-state index in [1.54, 1.807) is 0 Å². The van der Waals surface area contributed by atoms with Crippen LogP contribution >= 0.6 is 0 Å². The summed E-state index contributed by atoms with van der Waals surface area (Å²) in [6, 6.07) is 0.306. The molecule has 0 aromatic carbocycles. The first-order valence-electron chi connectivity index (χ1n) is 10.4. The first-order chi connectivity index (χ1) is 12.5. The predicted molar refractivity (Wildman–Crippen MR) is 100 cm³/mol. The van der Waals surface area contributed by atoms with Gasteiger partial charge in [-0.25, -0.2) is 0 Å². The molecule has 1 aliphatic heterocycles. The van der Waals surface area contributed by atoms with Crippen LogP contribution in [0.3, 0.4) is 0 Å². The molecule has 3 aliphatic rings. The van der Waals surface area contributed by atoms with Crippen molar-refractivity contribution in [1.29, 1.82) is 0 Å². The number of amides is 1. The highest BCUT2D eigenvalue weighted by molar-refractivity contribution is 5.91. The summed E-state index contributed by atoms with van der Waals surface area (Å²) < 4.78 is 11.9. The van der Waals surface area contributed by atoms with Gasteiger partial charge in [0.05, 0.1) is 0 Å². The summed E-state index contributed by atoms with van der Waals surface area (Å²) >= 11 is 0. The molecule has 3 rings (SSSR count). The van der Waals surface area contributed by atoms with Crippen molar-refractivity contribution in [3.8, 4) is 0 Å². The fraction of sp³-hybridized carbons (Fsp3) is 0.857. The Hall–Kier alpha value is -1.07. The lowest BCUT2D eigenvalue weighted by Gasteiger charge is -2.38. The first kappa shape index (κ1) is 19.7. The lowest BCUT2D eigenvalue weighted by molar-refractivity contribution is -0.175. The number of rotatable bonds is 8. The Labute approximate surface area is 157 Å². The fourth-order valence-electron chi connectivity index (χ4n) is 5.19. The van der Waals surface area contributed by atoms with Gasteiger partial charge >= 0.3 is 0 Å². The van der Waals surface area contributed by atoms with Crippen molar-refractivity contribution in [3.63, 3.8) is 0 Å². The summed E-state index contributed by atoms with van der Waals surface area (Å²) in [4.78, 5) is 12.9. The zero-order valence-corrected chi connectivity index (χ0v) is 16.4. The van der Waals surface area contributed by atoms with E-state index < -0.39 is 6.29 Å². The monoisotopic (exact) mass is 365 g/mol. The van der Waals surface area contributed by atoms with E-state index in [0.717, 1.165) is 25.2 Å². The number of aliphatic hydroxyl groups excluding tert-OH is 1. The van der Waals surface area contributed by atoms with E-state index in [2.05, 4.69) is 19.2 Å². The van der Waals surface area contributed by atoms with Crippen molar-refractivity contribution in [1.82, 2.24) is 5.32 Å². The first-order valence-corrected chi connectivity index (χ1v) is 10.4. The molecule has 6 atom stereocenters. The van der Waals surface area contributed by atoms with Gasteiger partial charge in [0, 0.05) is 25.2 Å². The van der Waals surface area contributed by atoms with E-state index in [-0.39, 0.29) is 24.3 Å². The van der Waals surface area contributed by atoms with Crippen LogP contribution in [-0.2, 0) is 14.3 Å². The zero-order chi connectivity index (χ0) is 18.7. The van der Waals surface area contributed by atoms with Crippen molar-refractivity contribution in [3.05, 3.63) is 11.8 Å². The van der Waals surface area contributed by atoms with Crippen LogP contribution in [0.1, 0.15) is 59.3 Å². The highest BCUT2D eigenvalue weighted by Crippen LogP contribution is 2.44. The summed E-state index contributed by atoms with van der Waals surface area (Å²) in [7, 11) is 0. The molecule has 2 fully saturated rings. The van der Waals surface area contributed by atoms with Gasteiger partial charge in [-0.3, -0.25) is 4.79 Å². The molecule has 2 bridgehead atoms. The molecule has 0 aromatic rings. The lowest BCUT2D eigenvalue weighted by Crippen LogP contribution is -2.44. The molecule has 2 aliphatic carbocycles. The molecule has 1 amide bonds. The molecule has 0 spiro atoms. The Morgan fingerprint density at radius 1 is 1.38 bits per heavy atom. The third-order valence-corrected chi connectivity index (χ3v) is 6.51. The van der Waals surface area contributed by atoms with Crippen LogP contribution in [-0.4, -0.2) is 36.6 Å². The van der Waals surface area contributed by atoms with Gasteiger partial charge < -0.3 is 19.9 Å². The van der Waals surface area contributed by atoms with E-state index in [9.17, 15) is 9.90 Å². The molecule has 2 N–H and O–H groups in total. The van der Waals surface area contributed by atoms with E-state index in [1.165, 1.54) is 19.3 Å². The molecule has 5 heteroatoms. The van der Waals surface area contributed by atoms with Crippen molar-refractivity contribution < 1.29 is 19.4 Å². The average Bonchev–Trinajstić information content (AvgIpc) is 3.23. The highest BCUT2D eigenvalue weighted by atomic mass is 16.7. The number of aliphatic hydroxyl groups is 1. The molecule has 3 unspecified atom stereocenters. The number of hydrogen-bond acceptors (Lipinski definition) is 4. The van der Waals surface area contributed by atoms with Crippen LogP contribution < -0.4 is 5.32 Å². The van der Waals surface area contributed by atoms with Crippen LogP contribution in [0.4, 0.5) is 0 Å². The van der Waals surface area contributed by atoms with E-state index in [4.69, 9.17) is 9.47 Å². The minimum atomic E-state index is -0.412. The maximum absolute atomic E-state index is 12.9. The third-order valence-electron chi connectivity index (χ3n) is 6.51. The quantitative estimate of drug-likeness (QED) is 0.693. The number of allylic oxidation sites excluding steroid dienone is 1. The molecule has 0 saturated heterocycles. The molecule has 2 saturated carbocycles. The standard InChI is InChI=1S/C21H35NO4/c1-4-25-21-16(6-5-9-23)17(13(2)3)12-19(26-21)20(24)22-18-11-14-7-8-15(18)10-14/h12-18,21,23H,4-11H2,1-3H3,(H,22,24)/t14?,15?,16-,17+,18?,21+/m0/s1. The average molecular weight is 366 g/mol. The smallest absolute Gasteiger partial charge is 0.286 e. The maximum atomic E-state index is 12.9. The topological polar surface area (TPSA) is 67.8 Å². The molecular formula is C21H35NO4. The van der Waals surface area contributed by atoms with Crippen LogP contribution in [0.15, 0.2) is 11.8 Å². The van der Waals surface area contributed by atoms with Gasteiger partial charge in [0.1, 0.15) is 0 Å². The van der Waals surface area contributed by atoms with Gasteiger partial charge in [0.15, 0.2) is 5.76 Å². The molecule has 1 heterocycles. The normalized spacial score (nSPS) is 36.1. The summed E-state index contributed by atoms with van der Waals surface area (Å²) in [6.07, 6.45) is 8.10. The number of hydrogen-bond donors (Lipinski definition) is 2. The number of nitrogens with one attached hydrogen (secondary N) is 1. The van der Waals surface area contributed by atoms with Gasteiger partial charge in [-0.1, -0.05) is 20.3 Å². The summed E-state index contributed by atoms with van der Waals surface area (Å²) in [5.74, 6) is 2.55. The fourth-order valence-corrected chi connectivity index (χ4v) is 5.19. The Balaban J connectivity index is 1.71. The zero-order valence-electron chi connectivity index (χ0n) is 16.4. The second-order valence-electron chi connectivity index (χ2n) is 8.58. The molecule has 26 heavy (non-hydrogen) atoms. The lowest BCUT2D eigenvalue weighted by atomic mass is 9.78. The van der Waals surface area contributed by atoms with Crippen LogP contribution in [0.25, 0.3) is 0 Å². The summed E-state index contributed by atoms with van der Waals surface area (Å²) in [5.41, 5.74) is 0. The second-order valence-corrected chi connectivity index (χ2v) is 8.58. The van der Waals surface area contributed by atoms with Crippen LogP contribution in [0.2, 0.25) is 0 Å². The largest absolute Gasteiger partial charge is 0.459 e. The second kappa shape index (κ2) is 8.75. The van der Waals surface area contributed by atoms with E-state index >= 15 is 0 Å². The number of carbonyl (C=O) groups is 1. The van der Waals surface area contributed by atoms with Gasteiger partial charge in [0.2, 0.25) is 6.29 Å². The van der Waals surface area contributed by atoms with E-state index in [0.29, 0.717) is 30.2 Å². The number of carbonyl (C=O) groups excluding carboxylic acids is 1. The van der Waals surface area contributed by atoms with Crippen LogP contribution in [0.5, 0.6) is 0 Å². The van der Waals surface area contributed by atoms with Gasteiger partial charge in [-0.2, -0.15) is 0 Å². The summed E-state index contributed by atoms with van der Waals surface area (Å²) in [6.45, 7) is 7.01. The molecular weight excluding hydrogens is 330 g/mol. The van der Waals surface area contributed by atoms with Gasteiger partial charge in [-0.05, 0) is 68.8 Å². The SMILES string of the molecule is CCO[C@@H]1OC(C(=O)NC2CC3CCC2C3)=C[C@H](C(C)C)[C@@H]1CCCO. The van der Waals surface area contributed by atoms with Crippen molar-refractivity contribution in [2.45, 2.75) is 71.6 Å².